The predicted octanol–water partition coefficient (Wildman–Crippen LogP) is 2.00. The summed E-state index contributed by atoms with van der Waals surface area (Å²) in [6.45, 7) is 5.74. The van der Waals surface area contributed by atoms with Gasteiger partial charge in [-0.05, 0) is 24.3 Å². The van der Waals surface area contributed by atoms with Crippen LogP contribution >= 0.6 is 0 Å². The molecule has 0 N–H and O–H groups in total. The van der Waals surface area contributed by atoms with Gasteiger partial charge in [0.1, 0.15) is 36.1 Å². The fourth-order valence-corrected chi connectivity index (χ4v) is 2.77. The molecule has 0 aromatic carbocycles. The van der Waals surface area contributed by atoms with Crippen molar-refractivity contribution in [2.75, 3.05) is 79.3 Å². The van der Waals surface area contributed by atoms with Gasteiger partial charge in [0, 0.05) is 12.4 Å². The minimum atomic E-state index is 0.388. The lowest BCUT2D eigenvalue weighted by atomic mass is 10.2. The highest BCUT2D eigenvalue weighted by Gasteiger charge is 2.14. The van der Waals surface area contributed by atoms with Crippen molar-refractivity contribution in [1.29, 1.82) is 0 Å². The van der Waals surface area contributed by atoms with Crippen LogP contribution in [-0.4, -0.2) is 89.3 Å². The minimum absolute atomic E-state index is 0.388. The first-order valence-electron chi connectivity index (χ1n) is 10.5. The Labute approximate surface area is 182 Å². The lowest BCUT2D eigenvalue weighted by Crippen LogP contribution is -2.15. The second-order valence-electron chi connectivity index (χ2n) is 6.46. The zero-order valence-electron chi connectivity index (χ0n) is 17.7. The monoisotopic (exact) mass is 434 g/mol. The molecule has 3 rings (SSSR count). The van der Waals surface area contributed by atoms with Crippen molar-refractivity contribution >= 4 is 0 Å². The quantitative estimate of drug-likeness (QED) is 0.617. The smallest absolute Gasteiger partial charge is 0.147 e. The van der Waals surface area contributed by atoms with Crippen molar-refractivity contribution in [3.63, 3.8) is 0 Å². The highest BCUT2D eigenvalue weighted by atomic mass is 16.6. The summed E-state index contributed by atoms with van der Waals surface area (Å²) < 4.78 is 39.3. The highest BCUT2D eigenvalue weighted by molar-refractivity contribution is 5.68. The zero-order chi connectivity index (χ0) is 21.4. The van der Waals surface area contributed by atoms with E-state index in [0.29, 0.717) is 102 Å². The normalized spacial score (nSPS) is 18.6. The van der Waals surface area contributed by atoms with Crippen LogP contribution in [0.4, 0.5) is 0 Å². The Morgan fingerprint density at radius 1 is 0.452 bits per heavy atom. The summed E-state index contributed by atoms with van der Waals surface area (Å²) in [5.74, 6) is 1.24. The molecule has 0 atom stereocenters. The number of aromatic nitrogens is 2. The van der Waals surface area contributed by atoms with Crippen molar-refractivity contribution in [3.8, 4) is 22.9 Å². The van der Waals surface area contributed by atoms with E-state index in [1.54, 1.807) is 12.4 Å². The molecule has 2 aromatic heterocycles. The highest BCUT2D eigenvalue weighted by Crippen LogP contribution is 2.32. The molecule has 9 nitrogen and oxygen atoms in total. The van der Waals surface area contributed by atoms with Crippen LogP contribution < -0.4 is 9.47 Å². The SMILES string of the molecule is c1cnc2c(c1)OCCOCCOCCOCCOCCOCCOc1cccnc1-2. The van der Waals surface area contributed by atoms with Gasteiger partial charge in [0.05, 0.1) is 66.1 Å². The number of rotatable bonds is 0. The molecule has 0 saturated heterocycles. The molecule has 3 heterocycles. The van der Waals surface area contributed by atoms with Crippen molar-refractivity contribution in [3.05, 3.63) is 36.7 Å². The summed E-state index contributed by atoms with van der Waals surface area (Å²) in [4.78, 5) is 8.91. The van der Waals surface area contributed by atoms with Gasteiger partial charge in [0.15, 0.2) is 0 Å². The van der Waals surface area contributed by atoms with Crippen LogP contribution in [0.25, 0.3) is 11.4 Å². The first-order chi connectivity index (χ1) is 15.4. The summed E-state index contributed by atoms with van der Waals surface area (Å²) in [5.41, 5.74) is 1.24. The predicted molar refractivity (Wildman–Crippen MR) is 113 cm³/mol. The second kappa shape index (κ2) is 14.7. The summed E-state index contributed by atoms with van der Waals surface area (Å²) in [5, 5.41) is 0. The largest absolute Gasteiger partial charge is 0.489 e. The first kappa shape index (κ1) is 23.4. The average Bonchev–Trinajstić information content (AvgIpc) is 2.80. The molecule has 0 spiro atoms. The van der Waals surface area contributed by atoms with Crippen molar-refractivity contribution in [1.82, 2.24) is 9.97 Å². The third kappa shape index (κ3) is 8.76. The van der Waals surface area contributed by atoms with E-state index in [0.717, 1.165) is 0 Å². The number of hydrogen-bond acceptors (Lipinski definition) is 9. The molecule has 1 aliphatic heterocycles. The number of nitrogens with zero attached hydrogens (tertiary/aromatic N) is 2. The van der Waals surface area contributed by atoms with Gasteiger partial charge in [-0.25, -0.2) is 0 Å². The molecule has 0 fully saturated rings. The molecule has 0 amide bonds. The lowest BCUT2D eigenvalue weighted by molar-refractivity contribution is -0.0141. The van der Waals surface area contributed by atoms with Crippen molar-refractivity contribution in [2.24, 2.45) is 0 Å². The molecular weight excluding hydrogens is 404 g/mol. The van der Waals surface area contributed by atoms with Crippen LogP contribution in [0.2, 0.25) is 0 Å². The van der Waals surface area contributed by atoms with E-state index in [4.69, 9.17) is 33.2 Å². The van der Waals surface area contributed by atoms with Crippen LogP contribution in [-0.2, 0) is 23.7 Å². The number of fused-ring (bicyclic) bond motifs is 3. The molecule has 31 heavy (non-hydrogen) atoms. The third-order valence-electron chi connectivity index (χ3n) is 4.22. The summed E-state index contributed by atoms with van der Waals surface area (Å²) in [6.07, 6.45) is 3.40. The van der Waals surface area contributed by atoms with Crippen molar-refractivity contribution < 1.29 is 33.2 Å². The number of hydrogen-bond donors (Lipinski definition) is 0. The molecule has 2 aromatic rings. The van der Waals surface area contributed by atoms with Crippen LogP contribution in [0.5, 0.6) is 11.5 Å². The molecule has 1 aliphatic rings. The molecule has 0 aliphatic carbocycles. The van der Waals surface area contributed by atoms with Crippen LogP contribution in [0, 0.1) is 0 Å². The molecule has 0 saturated carbocycles. The Morgan fingerprint density at radius 3 is 1.13 bits per heavy atom. The van der Waals surface area contributed by atoms with Gasteiger partial charge in [-0.2, -0.15) is 0 Å². The van der Waals surface area contributed by atoms with Gasteiger partial charge in [-0.3, -0.25) is 9.97 Å². The summed E-state index contributed by atoms with van der Waals surface area (Å²) in [6, 6.07) is 7.35. The Balaban J connectivity index is 1.60. The first-order valence-corrected chi connectivity index (χ1v) is 10.5. The minimum Gasteiger partial charge on any atom is -0.489 e. The van der Waals surface area contributed by atoms with Crippen molar-refractivity contribution in [2.45, 2.75) is 0 Å². The Bertz CT molecular complexity index is 686. The van der Waals surface area contributed by atoms with E-state index in [1.807, 2.05) is 24.3 Å². The summed E-state index contributed by atoms with van der Waals surface area (Å²) in [7, 11) is 0. The number of ether oxygens (including phenoxy) is 7. The maximum Gasteiger partial charge on any atom is 0.147 e. The van der Waals surface area contributed by atoms with E-state index >= 15 is 0 Å². The van der Waals surface area contributed by atoms with Gasteiger partial charge in [0.2, 0.25) is 0 Å². The molecule has 0 unspecified atom stereocenters. The Kier molecular flexibility index (Phi) is 11.1. The van der Waals surface area contributed by atoms with Gasteiger partial charge < -0.3 is 33.2 Å². The van der Waals surface area contributed by atoms with E-state index in [1.165, 1.54) is 0 Å². The lowest BCUT2D eigenvalue weighted by Gasteiger charge is -2.14. The van der Waals surface area contributed by atoms with Gasteiger partial charge in [0.25, 0.3) is 0 Å². The average molecular weight is 434 g/mol. The van der Waals surface area contributed by atoms with Gasteiger partial charge in [-0.15, -0.1) is 0 Å². The van der Waals surface area contributed by atoms with E-state index < -0.39 is 0 Å². The Morgan fingerprint density at radius 2 is 0.774 bits per heavy atom. The second-order valence-corrected chi connectivity index (χ2v) is 6.46. The molecule has 0 radical (unpaired) electrons. The zero-order valence-corrected chi connectivity index (χ0v) is 17.7. The molecule has 0 bridgehead atoms. The third-order valence-corrected chi connectivity index (χ3v) is 4.22. The number of pyridine rings is 2. The molecule has 170 valence electrons. The van der Waals surface area contributed by atoms with E-state index in [9.17, 15) is 0 Å². The van der Waals surface area contributed by atoms with E-state index in [-0.39, 0.29) is 0 Å². The Hall–Kier alpha value is -2.30. The standard InChI is InChI=1S/C22H30N2O7/c1-3-19-21(23-5-1)22-20(4-2-6-24-22)31-18-16-29-14-12-27-10-8-25-7-9-26-11-13-28-15-17-30-19/h1-6H,7-18H2. The maximum absolute atomic E-state index is 5.89. The van der Waals surface area contributed by atoms with E-state index in [2.05, 4.69) is 9.97 Å². The van der Waals surface area contributed by atoms with Gasteiger partial charge >= 0.3 is 0 Å². The van der Waals surface area contributed by atoms with Crippen LogP contribution in [0.3, 0.4) is 0 Å². The topological polar surface area (TPSA) is 90.4 Å². The molecular formula is C22H30N2O7. The summed E-state index contributed by atoms with van der Waals surface area (Å²) >= 11 is 0. The molecule has 9 heteroatoms. The van der Waals surface area contributed by atoms with Crippen LogP contribution in [0.15, 0.2) is 36.7 Å². The van der Waals surface area contributed by atoms with Gasteiger partial charge in [-0.1, -0.05) is 0 Å². The maximum atomic E-state index is 5.89. The fraction of sp³-hybridized carbons (Fsp3) is 0.545. The fourth-order valence-electron chi connectivity index (χ4n) is 2.77. The van der Waals surface area contributed by atoms with Crippen LogP contribution in [0.1, 0.15) is 0 Å².